The molecule has 174 valence electrons. The molecule has 1 aromatic heterocycles. The van der Waals surface area contributed by atoms with Crippen LogP contribution < -0.4 is 9.46 Å². The summed E-state index contributed by atoms with van der Waals surface area (Å²) in [7, 11) is -0.903. The minimum Gasteiger partial charge on any atom is -0.496 e. The van der Waals surface area contributed by atoms with Gasteiger partial charge in [-0.2, -0.15) is 0 Å². The molecule has 0 bridgehead atoms. The molecule has 0 atom stereocenters. The minimum absolute atomic E-state index is 0.0609. The number of carbonyl (C=O) groups excluding carboxylic acids is 1. The maximum atomic E-state index is 12.9. The molecule has 9 nitrogen and oxygen atoms in total. The van der Waals surface area contributed by atoms with E-state index in [4.69, 9.17) is 4.74 Å². The fourth-order valence-corrected chi connectivity index (χ4v) is 4.78. The first-order chi connectivity index (χ1) is 16.2. The largest absolute Gasteiger partial charge is 0.496 e. The zero-order chi connectivity index (χ0) is 24.5. The highest BCUT2D eigenvalue weighted by atomic mass is 32.2. The zero-order valence-corrected chi connectivity index (χ0v) is 19.2. The Bertz CT molecular complexity index is 1510. The number of nitrogens with one attached hydrogen (secondary N) is 1. The first-order valence-corrected chi connectivity index (χ1v) is 11.7. The highest BCUT2D eigenvalue weighted by molar-refractivity contribution is 7.90. The fraction of sp³-hybridized carbons (Fsp3) is 0.125. The molecule has 0 saturated heterocycles. The van der Waals surface area contributed by atoms with Gasteiger partial charge in [-0.1, -0.05) is 24.3 Å². The standard InChI is InChI=1S/C24H21N3O6S/c1-26-15-17(20-5-3-4-6-22(20)26)13-16-7-12-23(33-2)21(14-16)24(28)25-34(31,32)19-10-8-18(9-11-19)27(29)30/h3-12,14-15H,13H2,1-2H3,(H,25,28). The third-order valence-electron chi connectivity index (χ3n) is 5.47. The fourth-order valence-electron chi connectivity index (χ4n) is 3.81. The number of hydrogen-bond donors (Lipinski definition) is 1. The number of rotatable bonds is 7. The Morgan fingerprint density at radius 3 is 2.47 bits per heavy atom. The van der Waals surface area contributed by atoms with E-state index >= 15 is 0 Å². The highest BCUT2D eigenvalue weighted by Crippen LogP contribution is 2.26. The Hall–Kier alpha value is -4.18. The molecule has 0 radical (unpaired) electrons. The van der Waals surface area contributed by atoms with Crippen LogP contribution in [0.5, 0.6) is 5.75 Å². The van der Waals surface area contributed by atoms with Crippen LogP contribution in [-0.2, 0) is 23.5 Å². The van der Waals surface area contributed by atoms with Crippen molar-refractivity contribution in [2.75, 3.05) is 7.11 Å². The maximum absolute atomic E-state index is 12.9. The van der Waals surface area contributed by atoms with Gasteiger partial charge in [0.2, 0.25) is 0 Å². The average molecular weight is 480 g/mol. The Labute approximate surface area is 195 Å². The molecular formula is C24H21N3O6S. The molecule has 0 aliphatic rings. The lowest BCUT2D eigenvalue weighted by Gasteiger charge is -2.12. The Balaban J connectivity index is 1.62. The third kappa shape index (κ3) is 4.48. The molecule has 0 saturated carbocycles. The van der Waals surface area contributed by atoms with E-state index in [1.807, 2.05) is 52.9 Å². The summed E-state index contributed by atoms with van der Waals surface area (Å²) in [6.45, 7) is 0. The number of carbonyl (C=O) groups is 1. The van der Waals surface area contributed by atoms with Crippen LogP contribution in [0.1, 0.15) is 21.5 Å². The number of aromatic nitrogens is 1. The number of benzene rings is 3. The average Bonchev–Trinajstić information content (AvgIpc) is 3.14. The predicted octanol–water partition coefficient (Wildman–Crippen LogP) is 3.80. The SMILES string of the molecule is COc1ccc(Cc2cn(C)c3ccccc23)cc1C(=O)NS(=O)(=O)c1ccc([N+](=O)[O-])cc1. The Morgan fingerprint density at radius 1 is 1.09 bits per heavy atom. The van der Waals surface area contributed by atoms with Crippen molar-refractivity contribution < 1.29 is 22.9 Å². The second kappa shape index (κ2) is 8.99. The lowest BCUT2D eigenvalue weighted by atomic mass is 10.0. The molecule has 0 fully saturated rings. The van der Waals surface area contributed by atoms with Crippen molar-refractivity contribution >= 4 is 32.5 Å². The molecule has 0 spiro atoms. The van der Waals surface area contributed by atoms with Gasteiger partial charge >= 0.3 is 0 Å². The quantitative estimate of drug-likeness (QED) is 0.318. The van der Waals surface area contributed by atoms with Crippen LogP contribution in [0, 0.1) is 10.1 Å². The van der Waals surface area contributed by atoms with Gasteiger partial charge in [0.1, 0.15) is 5.75 Å². The van der Waals surface area contributed by atoms with Crippen molar-refractivity contribution in [2.24, 2.45) is 7.05 Å². The van der Waals surface area contributed by atoms with E-state index in [-0.39, 0.29) is 21.9 Å². The predicted molar refractivity (Wildman–Crippen MR) is 126 cm³/mol. The summed E-state index contributed by atoms with van der Waals surface area (Å²) < 4.78 is 34.7. The molecule has 0 aliphatic heterocycles. The number of methoxy groups -OCH3 is 1. The van der Waals surface area contributed by atoms with Crippen molar-refractivity contribution in [1.29, 1.82) is 0 Å². The topological polar surface area (TPSA) is 121 Å². The summed E-state index contributed by atoms with van der Waals surface area (Å²) in [5, 5.41) is 11.9. The van der Waals surface area contributed by atoms with E-state index < -0.39 is 20.9 Å². The summed E-state index contributed by atoms with van der Waals surface area (Å²) in [5.74, 6) is -0.645. The lowest BCUT2D eigenvalue weighted by Crippen LogP contribution is -2.31. The summed E-state index contributed by atoms with van der Waals surface area (Å²) in [6.07, 6.45) is 2.55. The van der Waals surface area contributed by atoms with Crippen LogP contribution in [-0.4, -0.2) is 30.9 Å². The summed E-state index contributed by atoms with van der Waals surface area (Å²) in [5.41, 5.74) is 2.75. The molecule has 4 rings (SSSR count). The molecule has 0 unspecified atom stereocenters. The monoisotopic (exact) mass is 479 g/mol. The second-order valence-electron chi connectivity index (χ2n) is 7.68. The number of nitrogens with zero attached hydrogens (tertiary/aromatic N) is 2. The summed E-state index contributed by atoms with van der Waals surface area (Å²) in [4.78, 5) is 22.8. The molecule has 3 aromatic carbocycles. The molecule has 0 aliphatic carbocycles. The number of para-hydroxylation sites is 1. The van der Waals surface area contributed by atoms with Crippen LogP contribution in [0.25, 0.3) is 10.9 Å². The smallest absolute Gasteiger partial charge is 0.269 e. The third-order valence-corrected chi connectivity index (χ3v) is 6.81. The summed E-state index contributed by atoms with van der Waals surface area (Å²) in [6, 6.07) is 17.3. The van der Waals surface area contributed by atoms with Gasteiger partial charge in [-0.05, 0) is 47.9 Å². The van der Waals surface area contributed by atoms with E-state index in [0.29, 0.717) is 6.42 Å². The molecule has 1 amide bonds. The van der Waals surface area contributed by atoms with Gasteiger partial charge < -0.3 is 9.30 Å². The number of aryl methyl sites for hydroxylation is 1. The normalized spacial score (nSPS) is 11.4. The van der Waals surface area contributed by atoms with Crippen molar-refractivity contribution in [3.63, 3.8) is 0 Å². The minimum atomic E-state index is -4.25. The number of nitro benzene ring substituents is 1. The number of ether oxygens (including phenoxy) is 1. The van der Waals surface area contributed by atoms with Gasteiger partial charge in [0, 0.05) is 36.3 Å². The molecule has 4 aromatic rings. The van der Waals surface area contributed by atoms with Gasteiger partial charge in [-0.3, -0.25) is 14.9 Å². The van der Waals surface area contributed by atoms with E-state index in [1.165, 1.54) is 7.11 Å². The van der Waals surface area contributed by atoms with Crippen molar-refractivity contribution in [2.45, 2.75) is 11.3 Å². The molecule has 34 heavy (non-hydrogen) atoms. The first-order valence-electron chi connectivity index (χ1n) is 10.2. The number of sulfonamides is 1. The Kier molecular flexibility index (Phi) is 6.08. The van der Waals surface area contributed by atoms with E-state index in [0.717, 1.165) is 46.3 Å². The number of non-ortho nitro benzene ring substituents is 1. The Morgan fingerprint density at radius 2 is 1.79 bits per heavy atom. The second-order valence-corrected chi connectivity index (χ2v) is 9.36. The van der Waals surface area contributed by atoms with E-state index in [1.54, 1.807) is 12.1 Å². The molecular weight excluding hydrogens is 458 g/mol. The number of nitro groups is 1. The molecule has 10 heteroatoms. The summed E-state index contributed by atoms with van der Waals surface area (Å²) >= 11 is 0. The van der Waals surface area contributed by atoms with Gasteiger partial charge in [-0.15, -0.1) is 0 Å². The van der Waals surface area contributed by atoms with E-state index in [2.05, 4.69) is 0 Å². The van der Waals surface area contributed by atoms with Gasteiger partial charge in [-0.25, -0.2) is 13.1 Å². The maximum Gasteiger partial charge on any atom is 0.269 e. The number of fused-ring (bicyclic) bond motifs is 1. The van der Waals surface area contributed by atoms with Gasteiger partial charge in [0.05, 0.1) is 22.5 Å². The lowest BCUT2D eigenvalue weighted by molar-refractivity contribution is -0.384. The van der Waals surface area contributed by atoms with Crippen LogP contribution in [0.3, 0.4) is 0 Å². The number of amides is 1. The zero-order valence-electron chi connectivity index (χ0n) is 18.4. The van der Waals surface area contributed by atoms with E-state index in [9.17, 15) is 23.3 Å². The van der Waals surface area contributed by atoms with Crippen LogP contribution in [0.15, 0.2) is 77.8 Å². The van der Waals surface area contributed by atoms with Crippen LogP contribution >= 0.6 is 0 Å². The van der Waals surface area contributed by atoms with Crippen molar-refractivity contribution in [3.05, 3.63) is 99.7 Å². The molecule has 1 heterocycles. The number of hydrogen-bond acceptors (Lipinski definition) is 6. The highest BCUT2D eigenvalue weighted by Gasteiger charge is 2.22. The van der Waals surface area contributed by atoms with Crippen molar-refractivity contribution in [1.82, 2.24) is 9.29 Å². The first kappa shape index (κ1) is 23.0. The van der Waals surface area contributed by atoms with Crippen LogP contribution in [0.2, 0.25) is 0 Å². The molecule has 1 N–H and O–H groups in total. The van der Waals surface area contributed by atoms with Gasteiger partial charge in [0.25, 0.3) is 21.6 Å². The van der Waals surface area contributed by atoms with Crippen molar-refractivity contribution in [3.8, 4) is 5.75 Å². The van der Waals surface area contributed by atoms with Crippen LogP contribution in [0.4, 0.5) is 5.69 Å². The van der Waals surface area contributed by atoms with Gasteiger partial charge in [0.15, 0.2) is 0 Å².